The lowest BCUT2D eigenvalue weighted by molar-refractivity contribution is -0.149. The summed E-state index contributed by atoms with van der Waals surface area (Å²) in [5.41, 5.74) is -0.276. The van der Waals surface area contributed by atoms with Crippen LogP contribution in [0.5, 0.6) is 5.75 Å². The molecule has 3 aromatic rings. The predicted octanol–water partition coefficient (Wildman–Crippen LogP) is 8.18. The standard InChI is InChI=1S/C36H38F5NO6S/c1-46-34(44)23-8-6-22(7-9-23)33(43)42-19-18-35(49(45,47-2)27-14-11-25(37)12-15-27)29-16-13-26(20-24(29)10-17-32(35)42)48-21-28-30(36(39,40)41)4-3-5-31(28)38/h3-5,11-16,20,22-23,32,45H,6-10,17-19,21H2,1-2H3/t22?,23?,32-,35-/m1/s1. The van der Waals surface area contributed by atoms with Crippen LogP contribution in [0.1, 0.15) is 60.8 Å². The van der Waals surface area contributed by atoms with Crippen molar-refractivity contribution in [2.24, 2.45) is 11.8 Å². The molecule has 0 spiro atoms. The summed E-state index contributed by atoms with van der Waals surface area (Å²) in [6, 6.07) is 12.7. The summed E-state index contributed by atoms with van der Waals surface area (Å²) in [6.07, 6.45) is -1.41. The van der Waals surface area contributed by atoms with Crippen molar-refractivity contribution in [1.82, 2.24) is 4.90 Å². The van der Waals surface area contributed by atoms with Crippen LogP contribution < -0.4 is 4.74 Å². The van der Waals surface area contributed by atoms with E-state index in [-0.39, 0.29) is 29.5 Å². The quantitative estimate of drug-likeness (QED) is 0.188. The number of alkyl halides is 3. The number of hydrogen-bond donors (Lipinski definition) is 1. The molecule has 1 saturated heterocycles. The first-order valence-corrected chi connectivity index (χ1v) is 17.7. The monoisotopic (exact) mass is 707 g/mol. The van der Waals surface area contributed by atoms with Crippen LogP contribution in [-0.2, 0) is 42.5 Å². The van der Waals surface area contributed by atoms with E-state index in [9.17, 15) is 36.1 Å². The number of nitrogens with zero attached hydrogens (tertiary/aromatic N) is 1. The minimum atomic E-state index is -4.77. The lowest BCUT2D eigenvalue weighted by atomic mass is 9.77. The number of carbonyl (C=O) groups is 2. The molecule has 1 amide bonds. The minimum Gasteiger partial charge on any atom is -0.489 e. The molecule has 0 bridgehead atoms. The molecular weight excluding hydrogens is 669 g/mol. The molecular formula is C36H38F5NO6S. The Bertz CT molecular complexity index is 1710. The molecule has 2 aliphatic carbocycles. The molecule has 1 saturated carbocycles. The van der Waals surface area contributed by atoms with Gasteiger partial charge in [0, 0.05) is 18.0 Å². The molecule has 13 heteroatoms. The first-order chi connectivity index (χ1) is 23.3. The van der Waals surface area contributed by atoms with Crippen LogP contribution in [0.15, 0.2) is 65.6 Å². The average molecular weight is 708 g/mol. The molecule has 264 valence electrons. The van der Waals surface area contributed by atoms with Gasteiger partial charge in [-0.15, -0.1) is 0 Å². The number of fused-ring (bicyclic) bond motifs is 3. The number of aryl methyl sites for hydroxylation is 1. The fraction of sp³-hybridized carbons (Fsp3) is 0.444. The average Bonchev–Trinajstić information content (AvgIpc) is 3.51. The second-order valence-electron chi connectivity index (χ2n) is 12.8. The Balaban J connectivity index is 1.35. The Morgan fingerprint density at radius 2 is 1.65 bits per heavy atom. The molecule has 1 heterocycles. The molecule has 0 aromatic heterocycles. The molecule has 1 unspecified atom stereocenters. The number of halogens is 5. The van der Waals surface area contributed by atoms with Gasteiger partial charge >= 0.3 is 12.1 Å². The summed E-state index contributed by atoms with van der Waals surface area (Å²) in [5.74, 6) is -2.18. The fourth-order valence-corrected chi connectivity index (χ4v) is 10.9. The smallest absolute Gasteiger partial charge is 0.416 e. The van der Waals surface area contributed by atoms with Crippen molar-refractivity contribution in [2.45, 2.75) is 73.4 Å². The van der Waals surface area contributed by atoms with Crippen LogP contribution in [0.2, 0.25) is 0 Å². The van der Waals surface area contributed by atoms with Crippen LogP contribution in [0.4, 0.5) is 22.0 Å². The van der Waals surface area contributed by atoms with Gasteiger partial charge in [0.2, 0.25) is 5.91 Å². The highest BCUT2D eigenvalue weighted by Gasteiger charge is 2.61. The van der Waals surface area contributed by atoms with Gasteiger partial charge in [-0.3, -0.25) is 18.3 Å². The van der Waals surface area contributed by atoms with Crippen LogP contribution in [0.25, 0.3) is 0 Å². The Kier molecular flexibility index (Phi) is 9.73. The highest BCUT2D eigenvalue weighted by atomic mass is 32.3. The highest BCUT2D eigenvalue weighted by molar-refractivity contribution is 8.26. The Hall–Kier alpha value is -3.68. The van der Waals surface area contributed by atoms with Crippen molar-refractivity contribution in [2.75, 3.05) is 20.8 Å². The summed E-state index contributed by atoms with van der Waals surface area (Å²) in [6.45, 7) is -0.330. The molecule has 0 radical (unpaired) electrons. The third-order valence-corrected chi connectivity index (χ3v) is 13.5. The van der Waals surface area contributed by atoms with Gasteiger partial charge in [0.25, 0.3) is 0 Å². The van der Waals surface area contributed by atoms with Crippen LogP contribution >= 0.6 is 10.6 Å². The van der Waals surface area contributed by atoms with E-state index >= 15 is 0 Å². The van der Waals surface area contributed by atoms with Crippen molar-refractivity contribution >= 4 is 22.5 Å². The molecule has 3 aromatic carbocycles. The molecule has 1 aliphatic heterocycles. The van der Waals surface area contributed by atoms with E-state index in [2.05, 4.69) is 0 Å². The Labute approximate surface area is 283 Å². The molecule has 7 nitrogen and oxygen atoms in total. The molecule has 3 atom stereocenters. The van der Waals surface area contributed by atoms with Crippen molar-refractivity contribution in [3.8, 4) is 5.75 Å². The topological polar surface area (TPSA) is 85.3 Å². The maximum Gasteiger partial charge on any atom is 0.416 e. The van der Waals surface area contributed by atoms with Gasteiger partial charge < -0.3 is 14.4 Å². The van der Waals surface area contributed by atoms with E-state index in [1.54, 1.807) is 18.2 Å². The maximum atomic E-state index is 14.5. The second-order valence-corrected chi connectivity index (χ2v) is 15.4. The number of hydrogen-bond acceptors (Lipinski definition) is 6. The van der Waals surface area contributed by atoms with Crippen molar-refractivity contribution in [3.63, 3.8) is 0 Å². The first kappa shape index (κ1) is 35.2. The number of carbonyl (C=O) groups excluding carboxylic acids is 2. The summed E-state index contributed by atoms with van der Waals surface area (Å²) in [7, 11) is -0.495. The van der Waals surface area contributed by atoms with E-state index < -0.39 is 56.9 Å². The van der Waals surface area contributed by atoms with Crippen molar-refractivity contribution < 1.29 is 49.8 Å². The Morgan fingerprint density at radius 1 is 0.959 bits per heavy atom. The number of benzene rings is 3. The zero-order valence-electron chi connectivity index (χ0n) is 27.1. The van der Waals surface area contributed by atoms with Gasteiger partial charge in [-0.1, -0.05) is 12.1 Å². The molecule has 49 heavy (non-hydrogen) atoms. The lowest BCUT2D eigenvalue weighted by Crippen LogP contribution is -2.52. The van der Waals surface area contributed by atoms with E-state index in [0.29, 0.717) is 61.9 Å². The predicted molar refractivity (Wildman–Crippen MR) is 172 cm³/mol. The number of rotatable bonds is 8. The number of amides is 1. The maximum absolute atomic E-state index is 14.5. The zero-order chi connectivity index (χ0) is 35.1. The van der Waals surface area contributed by atoms with Gasteiger partial charge in [0.05, 0.1) is 36.6 Å². The summed E-state index contributed by atoms with van der Waals surface area (Å²) in [5, 5.41) is 0. The SMILES string of the molecule is COC(=O)C1CCC(C(=O)N2CC[C@@]3(S(O)(OC)c4ccc(F)cc4)c4ccc(OCc5c(F)cccc5C(F)(F)F)cc4CC[C@@H]23)CC1. The highest BCUT2D eigenvalue weighted by Crippen LogP contribution is 2.73. The number of likely N-dealkylation sites (tertiary alicyclic amines) is 1. The summed E-state index contributed by atoms with van der Waals surface area (Å²) >= 11 is 0. The number of esters is 1. The first-order valence-electron chi connectivity index (χ1n) is 16.2. The van der Waals surface area contributed by atoms with Crippen molar-refractivity contribution in [1.29, 1.82) is 0 Å². The van der Waals surface area contributed by atoms with E-state index in [4.69, 9.17) is 13.7 Å². The third kappa shape index (κ3) is 6.18. The third-order valence-electron chi connectivity index (χ3n) is 10.4. The van der Waals surface area contributed by atoms with E-state index in [1.165, 1.54) is 38.5 Å². The largest absolute Gasteiger partial charge is 0.489 e. The second kappa shape index (κ2) is 13.6. The van der Waals surface area contributed by atoms with Gasteiger partial charge in [-0.05, 0) is 105 Å². The molecule has 2 fully saturated rings. The van der Waals surface area contributed by atoms with Gasteiger partial charge in [-0.2, -0.15) is 23.8 Å². The Morgan fingerprint density at radius 3 is 2.31 bits per heavy atom. The van der Waals surface area contributed by atoms with Gasteiger partial charge in [0.1, 0.15) is 28.7 Å². The van der Waals surface area contributed by atoms with Gasteiger partial charge in [-0.25, -0.2) is 8.78 Å². The lowest BCUT2D eigenvalue weighted by Gasteiger charge is -2.57. The molecule has 1 N–H and O–H groups in total. The van der Waals surface area contributed by atoms with Crippen LogP contribution in [-0.4, -0.2) is 48.1 Å². The summed E-state index contributed by atoms with van der Waals surface area (Å²) < 4.78 is 97.6. The van der Waals surface area contributed by atoms with E-state index in [1.807, 2.05) is 4.90 Å². The zero-order valence-corrected chi connectivity index (χ0v) is 27.9. The fourth-order valence-electron chi connectivity index (χ4n) is 8.05. The molecule has 6 rings (SSSR count). The van der Waals surface area contributed by atoms with Crippen molar-refractivity contribution in [3.05, 3.63) is 94.6 Å². The van der Waals surface area contributed by atoms with Gasteiger partial charge in [0.15, 0.2) is 0 Å². The normalized spacial score (nSPS) is 25.5. The minimum absolute atomic E-state index is 0.0547. The van der Waals surface area contributed by atoms with Crippen LogP contribution in [0, 0.1) is 23.5 Å². The van der Waals surface area contributed by atoms with E-state index in [0.717, 1.165) is 23.8 Å². The number of ether oxygens (including phenoxy) is 2. The molecule has 3 aliphatic rings. The van der Waals surface area contributed by atoms with Crippen LogP contribution in [0.3, 0.4) is 0 Å². The number of methoxy groups -OCH3 is 1. The summed E-state index contributed by atoms with van der Waals surface area (Å²) in [4.78, 5) is 28.5.